The smallest absolute Gasteiger partial charge is 0.407 e. The van der Waals surface area contributed by atoms with E-state index in [2.05, 4.69) is 45.0 Å². The number of hydrogen-bond donors (Lipinski definition) is 1. The van der Waals surface area contributed by atoms with Gasteiger partial charge in [-0.3, -0.25) is 4.90 Å². The van der Waals surface area contributed by atoms with Crippen molar-refractivity contribution >= 4 is 40.0 Å². The number of ether oxygens (including phenoxy) is 1. The lowest BCUT2D eigenvalue weighted by Gasteiger charge is -2.41. The molecule has 3 aliphatic heterocycles. The van der Waals surface area contributed by atoms with Gasteiger partial charge in [-0.2, -0.15) is 15.2 Å². The molecule has 0 bridgehead atoms. The minimum absolute atomic E-state index is 0.130. The van der Waals surface area contributed by atoms with Gasteiger partial charge in [0.1, 0.15) is 12.4 Å². The van der Waals surface area contributed by atoms with Crippen molar-refractivity contribution in [1.29, 1.82) is 5.26 Å². The molecule has 2 fully saturated rings. The van der Waals surface area contributed by atoms with Crippen molar-refractivity contribution in [2.24, 2.45) is 0 Å². The lowest BCUT2D eigenvalue weighted by molar-refractivity contribution is 0.119. The van der Waals surface area contributed by atoms with Crippen LogP contribution in [0.15, 0.2) is 36.4 Å². The molecular formula is C31H36ClN7O3. The predicted octanol–water partition coefficient (Wildman–Crippen LogP) is 4.79. The average Bonchev–Trinajstić information content (AvgIpc) is 3.01. The quantitative estimate of drug-likeness (QED) is 0.416. The van der Waals surface area contributed by atoms with Gasteiger partial charge in [0, 0.05) is 49.4 Å². The van der Waals surface area contributed by atoms with E-state index in [4.69, 9.17) is 26.3 Å². The summed E-state index contributed by atoms with van der Waals surface area (Å²) in [5, 5.41) is 21.9. The first-order chi connectivity index (χ1) is 20.5. The van der Waals surface area contributed by atoms with Gasteiger partial charge in [0.15, 0.2) is 0 Å². The molecule has 3 aliphatic rings. The van der Waals surface area contributed by atoms with E-state index in [9.17, 15) is 15.2 Å². The first kappa shape index (κ1) is 28.3. The highest BCUT2D eigenvalue weighted by molar-refractivity contribution is 6.36. The topological polar surface area (TPSA) is 109 Å². The van der Waals surface area contributed by atoms with Gasteiger partial charge >= 0.3 is 12.1 Å². The number of piperidine rings is 1. The number of nitrogens with zero attached hydrogens (tertiary/aromatic N) is 7. The van der Waals surface area contributed by atoms with Gasteiger partial charge in [-0.05, 0) is 49.9 Å². The molecule has 0 unspecified atom stereocenters. The Kier molecular flexibility index (Phi) is 8.49. The maximum Gasteiger partial charge on any atom is 0.407 e. The summed E-state index contributed by atoms with van der Waals surface area (Å²) >= 11 is 6.68. The molecule has 42 heavy (non-hydrogen) atoms. The van der Waals surface area contributed by atoms with Crippen molar-refractivity contribution in [3.8, 4) is 12.1 Å². The first-order valence-electron chi connectivity index (χ1n) is 14.8. The number of amides is 1. The van der Waals surface area contributed by atoms with Crippen molar-refractivity contribution < 1.29 is 14.6 Å². The number of anilines is 2. The molecule has 1 amide bonds. The summed E-state index contributed by atoms with van der Waals surface area (Å²) in [7, 11) is 0. The molecule has 0 aliphatic carbocycles. The van der Waals surface area contributed by atoms with E-state index >= 15 is 0 Å². The Morgan fingerprint density at radius 3 is 2.64 bits per heavy atom. The zero-order valence-electron chi connectivity index (χ0n) is 23.7. The second-order valence-corrected chi connectivity index (χ2v) is 11.6. The Bertz CT molecular complexity index is 1480. The molecule has 0 radical (unpaired) electrons. The van der Waals surface area contributed by atoms with E-state index in [1.807, 2.05) is 12.1 Å². The van der Waals surface area contributed by atoms with Crippen LogP contribution in [0, 0.1) is 11.3 Å². The van der Waals surface area contributed by atoms with Crippen LogP contribution >= 0.6 is 11.6 Å². The second kappa shape index (κ2) is 12.6. The van der Waals surface area contributed by atoms with Crippen molar-refractivity contribution in [2.75, 3.05) is 62.2 Å². The third kappa shape index (κ3) is 5.90. The molecule has 220 valence electrons. The second-order valence-electron chi connectivity index (χ2n) is 11.2. The van der Waals surface area contributed by atoms with Gasteiger partial charge in [0.2, 0.25) is 0 Å². The standard InChI is InChI=1S/C31H36ClN7O3/c32-25-8-4-6-22-7-5-9-27(28(22)25)37-15-11-24-26(21-37)34-30(42-19-18-36-13-2-1-3-14-36)35-29(24)38-16-17-39(31(40)41)23(20-38)10-12-33/h4-9,23H,1-3,10-11,13-21H2,(H,40,41)/t23-/m0/s1. The SMILES string of the molecule is N#CC[C@H]1CN(c2nc(OCCN3CCCCC3)nc3c2CCN(c2cccc4cccc(Cl)c24)C3)CCN1C(=O)O. The van der Waals surface area contributed by atoms with E-state index < -0.39 is 12.1 Å². The minimum atomic E-state index is -0.995. The van der Waals surface area contributed by atoms with Crippen LogP contribution in [0.2, 0.25) is 5.02 Å². The molecule has 4 heterocycles. The van der Waals surface area contributed by atoms with E-state index in [1.54, 1.807) is 0 Å². The Morgan fingerprint density at radius 1 is 1.05 bits per heavy atom. The summed E-state index contributed by atoms with van der Waals surface area (Å²) < 4.78 is 6.18. The van der Waals surface area contributed by atoms with Gasteiger partial charge in [-0.25, -0.2) is 4.79 Å². The molecule has 0 saturated carbocycles. The molecule has 1 aromatic heterocycles. The van der Waals surface area contributed by atoms with Crippen LogP contribution in [-0.2, 0) is 13.0 Å². The van der Waals surface area contributed by atoms with Crippen LogP contribution in [0.5, 0.6) is 6.01 Å². The zero-order valence-corrected chi connectivity index (χ0v) is 24.5. The Hall–Kier alpha value is -3.81. The van der Waals surface area contributed by atoms with E-state index in [1.165, 1.54) is 24.2 Å². The molecule has 1 N–H and O–H groups in total. The number of carboxylic acid groups (broad SMARTS) is 1. The molecule has 11 heteroatoms. The molecule has 3 aromatic rings. The number of fused-ring (bicyclic) bond motifs is 2. The number of nitriles is 1. The fraction of sp³-hybridized carbons (Fsp3) is 0.484. The number of rotatable bonds is 7. The number of halogens is 1. The minimum Gasteiger partial charge on any atom is -0.465 e. The van der Waals surface area contributed by atoms with Crippen molar-refractivity contribution in [3.63, 3.8) is 0 Å². The zero-order chi connectivity index (χ0) is 29.1. The van der Waals surface area contributed by atoms with Gasteiger partial charge < -0.3 is 24.5 Å². The number of likely N-dealkylation sites (tertiary alicyclic amines) is 1. The predicted molar refractivity (Wildman–Crippen MR) is 162 cm³/mol. The van der Waals surface area contributed by atoms with Crippen LogP contribution in [0.3, 0.4) is 0 Å². The largest absolute Gasteiger partial charge is 0.465 e. The highest BCUT2D eigenvalue weighted by Gasteiger charge is 2.34. The van der Waals surface area contributed by atoms with Crippen molar-refractivity contribution in [2.45, 2.75) is 44.7 Å². The van der Waals surface area contributed by atoms with Gasteiger partial charge in [0.25, 0.3) is 0 Å². The lowest BCUT2D eigenvalue weighted by atomic mass is 10.0. The van der Waals surface area contributed by atoms with Gasteiger partial charge in [-0.15, -0.1) is 0 Å². The van der Waals surface area contributed by atoms with Crippen LogP contribution in [0.25, 0.3) is 10.8 Å². The van der Waals surface area contributed by atoms with Gasteiger partial charge in [-0.1, -0.05) is 42.3 Å². The summed E-state index contributed by atoms with van der Waals surface area (Å²) in [5.41, 5.74) is 3.03. The van der Waals surface area contributed by atoms with Crippen LogP contribution < -0.4 is 14.5 Å². The molecular weight excluding hydrogens is 554 g/mol. The highest BCUT2D eigenvalue weighted by atomic mass is 35.5. The van der Waals surface area contributed by atoms with Crippen LogP contribution in [0.1, 0.15) is 36.9 Å². The summed E-state index contributed by atoms with van der Waals surface area (Å²) in [4.78, 5) is 29.9. The monoisotopic (exact) mass is 589 g/mol. The fourth-order valence-electron chi connectivity index (χ4n) is 6.49. The number of carbonyl (C=O) groups is 1. The number of piperazine rings is 1. The Labute approximate surface area is 251 Å². The Balaban J connectivity index is 1.30. The lowest BCUT2D eigenvalue weighted by Crippen LogP contribution is -2.55. The molecule has 10 nitrogen and oxygen atoms in total. The Morgan fingerprint density at radius 2 is 1.86 bits per heavy atom. The summed E-state index contributed by atoms with van der Waals surface area (Å²) in [6.07, 6.45) is 3.59. The van der Waals surface area contributed by atoms with Gasteiger partial charge in [0.05, 0.1) is 35.8 Å². The third-order valence-corrected chi connectivity index (χ3v) is 8.95. The van der Waals surface area contributed by atoms with E-state index in [0.717, 1.165) is 71.2 Å². The van der Waals surface area contributed by atoms with Crippen molar-refractivity contribution in [3.05, 3.63) is 52.7 Å². The van der Waals surface area contributed by atoms with Crippen LogP contribution in [-0.4, -0.2) is 89.4 Å². The van der Waals surface area contributed by atoms with E-state index in [-0.39, 0.29) is 6.42 Å². The molecule has 0 spiro atoms. The van der Waals surface area contributed by atoms with Crippen LogP contribution in [0.4, 0.5) is 16.3 Å². The summed E-state index contributed by atoms with van der Waals surface area (Å²) in [6.45, 7) is 6.07. The third-order valence-electron chi connectivity index (χ3n) is 8.64. The van der Waals surface area contributed by atoms with Crippen molar-refractivity contribution in [1.82, 2.24) is 19.8 Å². The number of hydrogen-bond acceptors (Lipinski definition) is 8. The molecule has 2 saturated heterocycles. The maximum atomic E-state index is 11.8. The number of benzene rings is 2. The first-order valence-corrected chi connectivity index (χ1v) is 15.2. The fourth-order valence-corrected chi connectivity index (χ4v) is 6.77. The molecule has 1 atom stereocenters. The summed E-state index contributed by atoms with van der Waals surface area (Å²) in [5.74, 6) is 0.788. The number of aromatic nitrogens is 2. The molecule has 6 rings (SSSR count). The normalized spacial score (nSPS) is 19.4. The highest BCUT2D eigenvalue weighted by Crippen LogP contribution is 2.37. The molecule has 2 aromatic carbocycles. The van der Waals surface area contributed by atoms with E-state index in [0.29, 0.717) is 38.8 Å². The maximum absolute atomic E-state index is 11.8. The summed E-state index contributed by atoms with van der Waals surface area (Å²) in [6, 6.07) is 14.3. The average molecular weight is 590 g/mol.